The normalized spacial score (nSPS) is 15.4. The highest BCUT2D eigenvalue weighted by molar-refractivity contribution is 7.90. The van der Waals surface area contributed by atoms with Crippen molar-refractivity contribution in [2.75, 3.05) is 18.2 Å². The molecule has 5 rings (SSSR count). The van der Waals surface area contributed by atoms with E-state index in [1.807, 2.05) is 0 Å². The van der Waals surface area contributed by atoms with Crippen LogP contribution in [0.1, 0.15) is 26.9 Å². The SMILES string of the molecule is CS(=O)(=O)C1CCOc2cc3sc(C(=O)Nc4cc(Cl)nc(Oc5ccc(OC(F)(F)F)cc5)c4)cc3cc21. The summed E-state index contributed by atoms with van der Waals surface area (Å²) in [7, 11) is -3.34. The third-order valence-corrected chi connectivity index (χ3v) is 8.50. The van der Waals surface area contributed by atoms with Crippen LogP contribution in [0.4, 0.5) is 18.9 Å². The second-order valence-electron chi connectivity index (χ2n) is 8.59. The van der Waals surface area contributed by atoms with E-state index in [-0.39, 0.29) is 29.1 Å². The highest BCUT2D eigenvalue weighted by atomic mass is 35.5. The zero-order valence-corrected chi connectivity index (χ0v) is 22.3. The number of ether oxygens (including phenoxy) is 3. The number of aromatic nitrogens is 1. The summed E-state index contributed by atoms with van der Waals surface area (Å²) in [5.74, 6) is -0.213. The number of sulfone groups is 1. The first-order valence-corrected chi connectivity index (χ1v) is 14.4. The number of amides is 1. The maximum Gasteiger partial charge on any atom is 0.573 e. The number of fused-ring (bicyclic) bond motifs is 2. The lowest BCUT2D eigenvalue weighted by atomic mass is 10.0. The molecule has 0 aliphatic carbocycles. The molecule has 1 aliphatic heterocycles. The molecule has 0 fully saturated rings. The molecule has 1 aliphatic rings. The zero-order valence-electron chi connectivity index (χ0n) is 19.9. The van der Waals surface area contributed by atoms with Crippen molar-refractivity contribution in [3.63, 3.8) is 0 Å². The summed E-state index contributed by atoms with van der Waals surface area (Å²) < 4.78 is 77.4. The second kappa shape index (κ2) is 10.2. The second-order valence-corrected chi connectivity index (χ2v) is 12.3. The molecule has 0 radical (unpaired) electrons. The number of nitrogens with one attached hydrogen (secondary N) is 1. The van der Waals surface area contributed by atoms with Crippen LogP contribution in [0.15, 0.2) is 54.6 Å². The quantitative estimate of drug-likeness (QED) is 0.245. The Morgan fingerprint density at radius 3 is 2.54 bits per heavy atom. The van der Waals surface area contributed by atoms with Crippen LogP contribution < -0.4 is 19.5 Å². The number of rotatable bonds is 6. The molecule has 14 heteroatoms. The van der Waals surface area contributed by atoms with Gasteiger partial charge in [0.25, 0.3) is 5.91 Å². The Labute approximate surface area is 229 Å². The van der Waals surface area contributed by atoms with Crippen LogP contribution in [0, 0.1) is 0 Å². The number of hydrogen-bond acceptors (Lipinski definition) is 8. The van der Waals surface area contributed by atoms with Gasteiger partial charge in [0.15, 0.2) is 9.84 Å². The maximum atomic E-state index is 13.0. The predicted molar refractivity (Wildman–Crippen MR) is 140 cm³/mol. The van der Waals surface area contributed by atoms with Crippen molar-refractivity contribution >= 4 is 54.5 Å². The largest absolute Gasteiger partial charge is 0.573 e. The molecule has 1 N–H and O–H groups in total. The summed E-state index contributed by atoms with van der Waals surface area (Å²) in [6.45, 7) is 0.285. The van der Waals surface area contributed by atoms with Gasteiger partial charge in [-0.1, -0.05) is 11.6 Å². The molecule has 1 unspecified atom stereocenters. The van der Waals surface area contributed by atoms with Crippen molar-refractivity contribution in [2.45, 2.75) is 18.0 Å². The molecular weight excluding hydrogens is 581 g/mol. The van der Waals surface area contributed by atoms with E-state index in [1.165, 1.54) is 41.9 Å². The summed E-state index contributed by atoms with van der Waals surface area (Å²) in [6.07, 6.45) is -3.27. The van der Waals surface area contributed by atoms with Gasteiger partial charge in [-0.3, -0.25) is 4.79 Å². The molecule has 1 amide bonds. The van der Waals surface area contributed by atoms with Crippen molar-refractivity contribution in [1.29, 1.82) is 0 Å². The summed E-state index contributed by atoms with van der Waals surface area (Å²) in [6, 6.07) is 12.6. The van der Waals surface area contributed by atoms with Gasteiger partial charge in [-0.25, -0.2) is 13.4 Å². The van der Waals surface area contributed by atoms with Crippen LogP contribution in [-0.4, -0.2) is 38.5 Å². The minimum atomic E-state index is -4.82. The van der Waals surface area contributed by atoms with Gasteiger partial charge in [-0.15, -0.1) is 24.5 Å². The number of alkyl halides is 3. The number of halogens is 4. The molecule has 1 atom stereocenters. The number of carbonyl (C=O) groups excluding carboxylic acids is 1. The smallest absolute Gasteiger partial charge is 0.493 e. The molecular formula is C25H18ClF3N2O6S2. The Balaban J connectivity index is 1.34. The molecule has 39 heavy (non-hydrogen) atoms. The van der Waals surface area contributed by atoms with E-state index in [4.69, 9.17) is 21.1 Å². The molecule has 0 saturated heterocycles. The minimum Gasteiger partial charge on any atom is -0.493 e. The van der Waals surface area contributed by atoms with E-state index in [1.54, 1.807) is 18.2 Å². The third kappa shape index (κ3) is 6.37. The van der Waals surface area contributed by atoms with Gasteiger partial charge in [-0.05, 0) is 53.9 Å². The van der Waals surface area contributed by atoms with Gasteiger partial charge in [-0.2, -0.15) is 0 Å². The van der Waals surface area contributed by atoms with Crippen molar-refractivity contribution in [3.8, 4) is 23.1 Å². The fourth-order valence-corrected chi connectivity index (χ4v) is 6.41. The molecule has 0 saturated carbocycles. The Bertz CT molecular complexity index is 1670. The summed E-state index contributed by atoms with van der Waals surface area (Å²) in [4.78, 5) is 17.4. The number of carbonyl (C=O) groups is 1. The molecule has 3 heterocycles. The van der Waals surface area contributed by atoms with Crippen molar-refractivity contribution in [3.05, 3.63) is 70.2 Å². The number of thiophene rings is 1. The first-order chi connectivity index (χ1) is 18.3. The molecule has 2 aromatic carbocycles. The molecule has 4 aromatic rings. The number of anilines is 1. The topological polar surface area (TPSA) is 104 Å². The number of nitrogens with zero attached hydrogens (tertiary/aromatic N) is 1. The van der Waals surface area contributed by atoms with Crippen molar-refractivity contribution in [2.24, 2.45) is 0 Å². The zero-order chi connectivity index (χ0) is 27.9. The van der Waals surface area contributed by atoms with Crippen molar-refractivity contribution < 1.29 is 40.6 Å². The summed E-state index contributed by atoms with van der Waals surface area (Å²) >= 11 is 7.29. The van der Waals surface area contributed by atoms with Crippen molar-refractivity contribution in [1.82, 2.24) is 4.98 Å². The number of benzene rings is 2. The number of pyridine rings is 1. The lowest BCUT2D eigenvalue weighted by Gasteiger charge is -2.24. The van der Waals surface area contributed by atoms with Crippen LogP contribution in [0.25, 0.3) is 10.1 Å². The monoisotopic (exact) mass is 598 g/mol. The van der Waals surface area contributed by atoms with Gasteiger partial charge in [0.05, 0.1) is 16.7 Å². The highest BCUT2D eigenvalue weighted by Crippen LogP contribution is 2.41. The van der Waals surface area contributed by atoms with Gasteiger partial charge < -0.3 is 19.5 Å². The van der Waals surface area contributed by atoms with E-state index in [2.05, 4.69) is 15.0 Å². The van der Waals surface area contributed by atoms with Gasteiger partial charge in [0.1, 0.15) is 22.4 Å². The van der Waals surface area contributed by atoms with E-state index >= 15 is 0 Å². The molecule has 8 nitrogen and oxygen atoms in total. The lowest BCUT2D eigenvalue weighted by molar-refractivity contribution is -0.274. The third-order valence-electron chi connectivity index (χ3n) is 5.68. The Hall–Kier alpha value is -3.55. The van der Waals surface area contributed by atoms with Gasteiger partial charge in [0.2, 0.25) is 5.88 Å². The highest BCUT2D eigenvalue weighted by Gasteiger charge is 2.31. The Morgan fingerprint density at radius 2 is 1.85 bits per heavy atom. The van der Waals surface area contributed by atoms with E-state index < -0.39 is 33.1 Å². The molecule has 2 aromatic heterocycles. The first-order valence-electron chi connectivity index (χ1n) is 11.3. The van der Waals surface area contributed by atoms with Crippen LogP contribution in [-0.2, 0) is 9.84 Å². The van der Waals surface area contributed by atoms with E-state index in [9.17, 15) is 26.4 Å². The van der Waals surface area contributed by atoms with E-state index in [0.717, 1.165) is 16.8 Å². The predicted octanol–water partition coefficient (Wildman–Crippen LogP) is 6.76. The van der Waals surface area contributed by atoms with Crippen LogP contribution in [0.5, 0.6) is 23.1 Å². The molecule has 0 bridgehead atoms. The average molecular weight is 599 g/mol. The number of hydrogen-bond donors (Lipinski definition) is 1. The van der Waals surface area contributed by atoms with Gasteiger partial charge >= 0.3 is 6.36 Å². The minimum absolute atomic E-state index is 0.00438. The Kier molecular flexibility index (Phi) is 7.08. The molecule has 0 spiro atoms. The lowest BCUT2D eigenvalue weighted by Crippen LogP contribution is -2.20. The molecule has 204 valence electrons. The van der Waals surface area contributed by atoms with Gasteiger partial charge in [0, 0.05) is 34.7 Å². The van der Waals surface area contributed by atoms with Crippen LogP contribution in [0.2, 0.25) is 5.15 Å². The standard InChI is InChI=1S/C25H18ClF3N2O6S2/c1-39(33,34)21-6-7-35-18-12-19-13(8-17(18)21)9-20(38-19)24(32)30-14-10-22(26)31-23(11-14)36-15-2-4-16(5-3-15)37-25(27,28)29/h2-5,8-12,21H,6-7H2,1H3,(H,30,31,32). The average Bonchev–Trinajstić information content (AvgIpc) is 3.25. The fourth-order valence-electron chi connectivity index (χ4n) is 4.07. The van der Waals surface area contributed by atoms with Crippen LogP contribution in [0.3, 0.4) is 0 Å². The summed E-state index contributed by atoms with van der Waals surface area (Å²) in [5.41, 5.74) is 0.839. The van der Waals surface area contributed by atoms with Crippen LogP contribution >= 0.6 is 22.9 Å². The maximum absolute atomic E-state index is 13.0. The first kappa shape index (κ1) is 27.0. The van der Waals surface area contributed by atoms with E-state index in [0.29, 0.717) is 28.0 Å². The fraction of sp³-hybridized carbons (Fsp3) is 0.200. The Morgan fingerprint density at radius 1 is 1.13 bits per heavy atom. The summed E-state index contributed by atoms with van der Waals surface area (Å²) in [5, 5.41) is 2.76.